The molecule has 7 nitrogen and oxygen atoms in total. The number of benzene rings is 1. The normalized spacial score (nSPS) is 16.8. The number of likely N-dealkylation sites (tertiary alicyclic amines) is 1. The molecular formula is C21H31N3O4. The van der Waals surface area contributed by atoms with Gasteiger partial charge in [0, 0.05) is 31.6 Å². The molecule has 2 rings (SSSR count). The molecule has 0 radical (unpaired) electrons. The second kappa shape index (κ2) is 9.57. The molecule has 28 heavy (non-hydrogen) atoms. The fourth-order valence-corrected chi connectivity index (χ4v) is 3.18. The molecule has 154 valence electrons. The predicted octanol–water partition coefficient (Wildman–Crippen LogP) is 1.51. The molecule has 2 N–H and O–H groups in total. The summed E-state index contributed by atoms with van der Waals surface area (Å²) >= 11 is 0. The zero-order valence-corrected chi connectivity index (χ0v) is 17.2. The number of nitrogens with one attached hydrogen (secondary N) is 2. The van der Waals surface area contributed by atoms with E-state index < -0.39 is 0 Å². The lowest BCUT2D eigenvalue weighted by molar-refractivity contribution is -0.132. The van der Waals surface area contributed by atoms with E-state index >= 15 is 0 Å². The van der Waals surface area contributed by atoms with Crippen molar-refractivity contribution in [1.29, 1.82) is 0 Å². The first-order chi connectivity index (χ1) is 13.2. The number of carbonyl (C=O) groups excluding carboxylic acids is 3. The molecule has 1 aliphatic rings. The van der Waals surface area contributed by atoms with E-state index in [0.29, 0.717) is 26.2 Å². The van der Waals surface area contributed by atoms with Gasteiger partial charge in [-0.2, -0.15) is 0 Å². The Labute approximate surface area is 166 Å². The number of carbonyl (C=O) groups is 3. The molecule has 0 aromatic heterocycles. The highest BCUT2D eigenvalue weighted by atomic mass is 16.5. The van der Waals surface area contributed by atoms with Crippen LogP contribution < -0.4 is 15.4 Å². The van der Waals surface area contributed by atoms with Gasteiger partial charge in [-0.05, 0) is 45.4 Å². The Hall–Kier alpha value is -2.57. The molecular weight excluding hydrogens is 358 g/mol. The third-order valence-electron chi connectivity index (χ3n) is 4.65. The zero-order valence-electron chi connectivity index (χ0n) is 17.2. The van der Waals surface area contributed by atoms with E-state index in [0.717, 1.165) is 11.3 Å². The van der Waals surface area contributed by atoms with Gasteiger partial charge in [-0.15, -0.1) is 0 Å². The van der Waals surface area contributed by atoms with Crippen molar-refractivity contribution in [3.05, 3.63) is 29.8 Å². The molecule has 1 aromatic rings. The van der Waals surface area contributed by atoms with Gasteiger partial charge in [0.1, 0.15) is 5.75 Å². The molecule has 1 saturated heterocycles. The number of hydrogen-bond donors (Lipinski definition) is 2. The molecule has 1 unspecified atom stereocenters. The van der Waals surface area contributed by atoms with Crippen molar-refractivity contribution in [1.82, 2.24) is 15.5 Å². The minimum absolute atomic E-state index is 0.0105. The summed E-state index contributed by atoms with van der Waals surface area (Å²) in [5.41, 5.74) is 0.623. The van der Waals surface area contributed by atoms with E-state index in [-0.39, 0.29) is 42.0 Å². The van der Waals surface area contributed by atoms with Gasteiger partial charge < -0.3 is 20.3 Å². The molecule has 1 aliphatic heterocycles. The van der Waals surface area contributed by atoms with Gasteiger partial charge in [0.25, 0.3) is 0 Å². The molecule has 1 fully saturated rings. The molecule has 0 spiro atoms. The van der Waals surface area contributed by atoms with Crippen LogP contribution in [-0.4, -0.2) is 54.4 Å². The average molecular weight is 389 g/mol. The molecule has 0 bridgehead atoms. The molecule has 3 amide bonds. The summed E-state index contributed by atoms with van der Waals surface area (Å²) in [6, 6.07) is 7.42. The summed E-state index contributed by atoms with van der Waals surface area (Å²) in [6.07, 6.45) is 0.519. The number of rotatable bonds is 8. The molecule has 0 aliphatic carbocycles. The van der Waals surface area contributed by atoms with Crippen LogP contribution in [0.2, 0.25) is 0 Å². The lowest BCUT2D eigenvalue weighted by Gasteiger charge is -2.31. The van der Waals surface area contributed by atoms with Crippen LogP contribution in [0.15, 0.2) is 24.3 Å². The summed E-state index contributed by atoms with van der Waals surface area (Å²) in [5.74, 6) is 0.224. The third kappa shape index (κ3) is 6.25. The quantitative estimate of drug-likeness (QED) is 0.660. The maximum atomic E-state index is 12.3. The van der Waals surface area contributed by atoms with Crippen LogP contribution in [0.3, 0.4) is 0 Å². The number of nitrogens with zero attached hydrogens (tertiary/aromatic N) is 1. The Morgan fingerprint density at radius 3 is 2.36 bits per heavy atom. The zero-order chi connectivity index (χ0) is 20.7. The van der Waals surface area contributed by atoms with Crippen molar-refractivity contribution in [2.45, 2.75) is 46.1 Å². The van der Waals surface area contributed by atoms with Crippen molar-refractivity contribution in [2.24, 2.45) is 5.92 Å². The maximum Gasteiger partial charge on any atom is 0.225 e. The van der Waals surface area contributed by atoms with Crippen LogP contribution in [0.25, 0.3) is 0 Å². The maximum absolute atomic E-state index is 12.3. The molecule has 1 aromatic carbocycles. The highest BCUT2D eigenvalue weighted by Gasteiger charge is 2.39. The lowest BCUT2D eigenvalue weighted by atomic mass is 10.1. The monoisotopic (exact) mass is 389 g/mol. The highest BCUT2D eigenvalue weighted by Crippen LogP contribution is 2.25. The second-order valence-electron chi connectivity index (χ2n) is 7.97. The van der Waals surface area contributed by atoms with Crippen molar-refractivity contribution >= 4 is 17.7 Å². The van der Waals surface area contributed by atoms with E-state index in [2.05, 4.69) is 10.6 Å². The summed E-state index contributed by atoms with van der Waals surface area (Å²) in [4.78, 5) is 38.1. The van der Waals surface area contributed by atoms with Gasteiger partial charge in [-0.1, -0.05) is 12.1 Å². The first kappa shape index (κ1) is 21.7. The van der Waals surface area contributed by atoms with Crippen LogP contribution in [0.1, 0.15) is 39.7 Å². The Bertz CT molecular complexity index is 695. The average Bonchev–Trinajstić information content (AvgIpc) is 3.03. The third-order valence-corrected chi connectivity index (χ3v) is 4.65. The van der Waals surface area contributed by atoms with Crippen LogP contribution in [0.5, 0.6) is 5.75 Å². The predicted molar refractivity (Wildman–Crippen MR) is 107 cm³/mol. The van der Waals surface area contributed by atoms with Gasteiger partial charge in [0.15, 0.2) is 0 Å². The highest BCUT2D eigenvalue weighted by molar-refractivity contribution is 5.89. The summed E-state index contributed by atoms with van der Waals surface area (Å²) in [7, 11) is 0. The fourth-order valence-electron chi connectivity index (χ4n) is 3.18. The van der Waals surface area contributed by atoms with Crippen LogP contribution in [0, 0.1) is 5.92 Å². The van der Waals surface area contributed by atoms with Crippen molar-refractivity contribution in [2.75, 3.05) is 26.2 Å². The second-order valence-corrected chi connectivity index (χ2v) is 7.97. The Kier molecular flexibility index (Phi) is 7.43. The number of hydrogen-bond acceptors (Lipinski definition) is 4. The molecule has 0 saturated carbocycles. The van der Waals surface area contributed by atoms with Crippen molar-refractivity contribution < 1.29 is 19.1 Å². The Morgan fingerprint density at radius 1 is 1.14 bits per heavy atom. The van der Waals surface area contributed by atoms with Crippen molar-refractivity contribution in [3.63, 3.8) is 0 Å². The minimum atomic E-state index is -0.328. The first-order valence-corrected chi connectivity index (χ1v) is 9.77. The minimum Gasteiger partial charge on any atom is -0.494 e. The van der Waals surface area contributed by atoms with Gasteiger partial charge in [0.05, 0.1) is 18.9 Å². The van der Waals surface area contributed by atoms with Gasteiger partial charge in [-0.25, -0.2) is 0 Å². The van der Waals surface area contributed by atoms with E-state index in [1.165, 1.54) is 0 Å². The molecule has 7 heteroatoms. The summed E-state index contributed by atoms with van der Waals surface area (Å²) in [6.45, 7) is 9.55. The Morgan fingerprint density at radius 2 is 1.79 bits per heavy atom. The first-order valence-electron chi connectivity index (χ1n) is 9.77. The standard InChI is InChI=1S/C21H31N3O4/c1-5-28-17-8-6-15(7-9-17)12-18(25)22-10-11-23-20(27)16-13-19(26)24(14-16)21(2,3)4/h6-9,16H,5,10-14H2,1-4H3,(H,22,25)(H,23,27). The van der Waals surface area contributed by atoms with Crippen LogP contribution in [0.4, 0.5) is 0 Å². The summed E-state index contributed by atoms with van der Waals surface area (Å²) in [5, 5.41) is 5.61. The molecule has 1 heterocycles. The van der Waals surface area contributed by atoms with Gasteiger partial charge in [-0.3, -0.25) is 14.4 Å². The number of ether oxygens (including phenoxy) is 1. The van der Waals surface area contributed by atoms with Gasteiger partial charge >= 0.3 is 0 Å². The van der Waals surface area contributed by atoms with Gasteiger partial charge in [0.2, 0.25) is 17.7 Å². The topological polar surface area (TPSA) is 87.7 Å². The van der Waals surface area contributed by atoms with Crippen molar-refractivity contribution in [3.8, 4) is 5.75 Å². The van der Waals surface area contributed by atoms with E-state index in [4.69, 9.17) is 4.74 Å². The van der Waals surface area contributed by atoms with E-state index in [1.807, 2.05) is 52.0 Å². The van der Waals surface area contributed by atoms with Crippen LogP contribution in [-0.2, 0) is 20.8 Å². The van der Waals surface area contributed by atoms with E-state index in [9.17, 15) is 14.4 Å². The fraction of sp³-hybridized carbons (Fsp3) is 0.571. The largest absolute Gasteiger partial charge is 0.494 e. The van der Waals surface area contributed by atoms with Crippen LogP contribution >= 0.6 is 0 Å². The summed E-state index contributed by atoms with van der Waals surface area (Å²) < 4.78 is 5.38. The lowest BCUT2D eigenvalue weighted by Crippen LogP contribution is -2.43. The smallest absolute Gasteiger partial charge is 0.225 e. The Balaban J connectivity index is 1.67. The number of amides is 3. The SMILES string of the molecule is CCOc1ccc(CC(=O)NCCNC(=O)C2CC(=O)N(C(C)(C)C)C2)cc1. The molecule has 1 atom stereocenters. The van der Waals surface area contributed by atoms with E-state index in [1.54, 1.807) is 4.90 Å².